The van der Waals surface area contributed by atoms with Gasteiger partial charge < -0.3 is 10.6 Å². The van der Waals surface area contributed by atoms with Crippen LogP contribution in [0.2, 0.25) is 0 Å². The SMILES string of the molecule is Cc1cccc(C(C)C)c1NC(=O)C(C)Sc1nnc(NC2CCCCC2)s1. The van der Waals surface area contributed by atoms with Gasteiger partial charge in [0.25, 0.3) is 0 Å². The van der Waals surface area contributed by atoms with E-state index in [0.29, 0.717) is 12.0 Å². The molecule has 0 bridgehead atoms. The minimum Gasteiger partial charge on any atom is -0.357 e. The molecule has 5 nitrogen and oxygen atoms in total. The highest BCUT2D eigenvalue weighted by Gasteiger charge is 2.21. The Hall–Kier alpha value is -1.60. The second-order valence-corrected chi connectivity index (χ2v) is 10.4. The molecular formula is C21H30N4OS2. The van der Waals surface area contributed by atoms with Crippen molar-refractivity contribution in [3.8, 4) is 0 Å². The molecule has 1 heterocycles. The van der Waals surface area contributed by atoms with Crippen LogP contribution in [0.15, 0.2) is 22.5 Å². The molecule has 1 aliphatic rings. The number of amides is 1. The first kappa shape index (κ1) is 21.1. The summed E-state index contributed by atoms with van der Waals surface area (Å²) in [6.07, 6.45) is 6.31. The standard InChI is InChI=1S/C21H30N4OS2/c1-13(2)17-12-8-9-14(3)18(17)23-19(26)15(4)27-21-25-24-20(28-21)22-16-10-6-5-7-11-16/h8-9,12-13,15-16H,5-7,10-11H2,1-4H3,(H,22,24)(H,23,26). The largest absolute Gasteiger partial charge is 0.357 e. The van der Waals surface area contributed by atoms with Crippen LogP contribution in [0.3, 0.4) is 0 Å². The molecule has 1 atom stereocenters. The van der Waals surface area contributed by atoms with E-state index in [0.717, 1.165) is 20.7 Å². The van der Waals surface area contributed by atoms with E-state index >= 15 is 0 Å². The maximum Gasteiger partial charge on any atom is 0.237 e. The molecule has 1 amide bonds. The summed E-state index contributed by atoms with van der Waals surface area (Å²) in [5.74, 6) is 0.355. The number of hydrogen-bond acceptors (Lipinski definition) is 6. The van der Waals surface area contributed by atoms with E-state index in [1.165, 1.54) is 60.8 Å². The van der Waals surface area contributed by atoms with Crippen molar-refractivity contribution in [2.24, 2.45) is 0 Å². The number of nitrogens with one attached hydrogen (secondary N) is 2. The van der Waals surface area contributed by atoms with E-state index in [-0.39, 0.29) is 11.2 Å². The Morgan fingerprint density at radius 3 is 2.64 bits per heavy atom. The predicted octanol–water partition coefficient (Wildman–Crippen LogP) is 5.83. The molecule has 2 N–H and O–H groups in total. The van der Waals surface area contributed by atoms with Crippen molar-refractivity contribution < 1.29 is 4.79 Å². The molecule has 1 aliphatic carbocycles. The summed E-state index contributed by atoms with van der Waals surface area (Å²) in [5, 5.41) is 15.8. The third-order valence-corrected chi connectivity index (χ3v) is 7.20. The third-order valence-electron chi connectivity index (χ3n) is 5.16. The fourth-order valence-electron chi connectivity index (χ4n) is 3.51. The van der Waals surface area contributed by atoms with E-state index in [1.807, 2.05) is 26.0 Å². The molecule has 28 heavy (non-hydrogen) atoms. The summed E-state index contributed by atoms with van der Waals surface area (Å²) < 4.78 is 0.829. The zero-order valence-corrected chi connectivity index (χ0v) is 18.8. The maximum absolute atomic E-state index is 12.8. The van der Waals surface area contributed by atoms with Crippen LogP contribution in [0.25, 0.3) is 0 Å². The molecule has 2 aromatic rings. The monoisotopic (exact) mass is 418 g/mol. The number of para-hydroxylation sites is 1. The van der Waals surface area contributed by atoms with Crippen LogP contribution < -0.4 is 10.6 Å². The molecule has 7 heteroatoms. The number of hydrogen-bond donors (Lipinski definition) is 2. The van der Waals surface area contributed by atoms with Gasteiger partial charge in [-0.1, -0.05) is 74.4 Å². The molecule has 0 spiro atoms. The van der Waals surface area contributed by atoms with Crippen LogP contribution >= 0.6 is 23.1 Å². The van der Waals surface area contributed by atoms with Crippen LogP contribution in [-0.4, -0.2) is 27.4 Å². The number of benzene rings is 1. The predicted molar refractivity (Wildman–Crippen MR) is 120 cm³/mol. The topological polar surface area (TPSA) is 66.9 Å². The van der Waals surface area contributed by atoms with Crippen molar-refractivity contribution in [1.82, 2.24) is 10.2 Å². The van der Waals surface area contributed by atoms with Gasteiger partial charge in [-0.2, -0.15) is 0 Å². The van der Waals surface area contributed by atoms with E-state index in [1.54, 1.807) is 0 Å². The first-order chi connectivity index (χ1) is 13.4. The summed E-state index contributed by atoms with van der Waals surface area (Å²) in [6.45, 7) is 8.24. The van der Waals surface area contributed by atoms with Crippen molar-refractivity contribution in [1.29, 1.82) is 0 Å². The quantitative estimate of drug-likeness (QED) is 0.553. The van der Waals surface area contributed by atoms with Gasteiger partial charge in [0.2, 0.25) is 11.0 Å². The number of anilines is 2. The van der Waals surface area contributed by atoms with Crippen molar-refractivity contribution in [2.75, 3.05) is 10.6 Å². The van der Waals surface area contributed by atoms with Crippen molar-refractivity contribution >= 4 is 39.8 Å². The second kappa shape index (κ2) is 9.74. The highest BCUT2D eigenvalue weighted by molar-refractivity contribution is 8.02. The second-order valence-electron chi connectivity index (χ2n) is 7.80. The van der Waals surface area contributed by atoms with E-state index in [4.69, 9.17) is 0 Å². The molecule has 0 radical (unpaired) electrons. The minimum atomic E-state index is -0.241. The number of carbonyl (C=O) groups excluding carboxylic acids is 1. The lowest BCUT2D eigenvalue weighted by Crippen LogP contribution is -2.23. The molecule has 1 fully saturated rings. The van der Waals surface area contributed by atoms with Gasteiger partial charge in [0.15, 0.2) is 4.34 Å². The van der Waals surface area contributed by atoms with Gasteiger partial charge in [0.05, 0.1) is 5.25 Å². The van der Waals surface area contributed by atoms with Gasteiger partial charge in [0, 0.05) is 11.7 Å². The molecule has 1 aromatic heterocycles. The Labute approximate surface area is 176 Å². The number of aromatic nitrogens is 2. The van der Waals surface area contributed by atoms with Gasteiger partial charge in [-0.05, 0) is 43.7 Å². The Morgan fingerprint density at radius 2 is 1.93 bits per heavy atom. The van der Waals surface area contributed by atoms with Crippen LogP contribution in [0.5, 0.6) is 0 Å². The third kappa shape index (κ3) is 5.47. The van der Waals surface area contributed by atoms with Crippen LogP contribution in [0, 0.1) is 6.92 Å². The Balaban J connectivity index is 1.59. The van der Waals surface area contributed by atoms with Crippen molar-refractivity contribution in [3.05, 3.63) is 29.3 Å². The highest BCUT2D eigenvalue weighted by atomic mass is 32.2. The molecule has 3 rings (SSSR count). The number of rotatable bonds is 7. The molecule has 1 aromatic carbocycles. The Kier molecular flexibility index (Phi) is 7.35. The number of nitrogens with zero attached hydrogens (tertiary/aromatic N) is 2. The van der Waals surface area contributed by atoms with Gasteiger partial charge in [0.1, 0.15) is 0 Å². The first-order valence-corrected chi connectivity index (χ1v) is 11.8. The van der Waals surface area contributed by atoms with Crippen molar-refractivity contribution in [2.45, 2.75) is 81.3 Å². The normalized spacial score (nSPS) is 16.2. The minimum absolute atomic E-state index is 0.00168. The van der Waals surface area contributed by atoms with Gasteiger partial charge in [-0.15, -0.1) is 10.2 Å². The Morgan fingerprint density at radius 1 is 1.18 bits per heavy atom. The smallest absolute Gasteiger partial charge is 0.237 e. The molecular weight excluding hydrogens is 388 g/mol. The zero-order chi connectivity index (χ0) is 20.1. The summed E-state index contributed by atoms with van der Waals surface area (Å²) in [7, 11) is 0. The number of aryl methyl sites for hydroxylation is 1. The molecule has 0 saturated heterocycles. The number of carbonyl (C=O) groups is 1. The molecule has 152 valence electrons. The molecule has 1 saturated carbocycles. The summed E-state index contributed by atoms with van der Waals surface area (Å²) >= 11 is 3.01. The zero-order valence-electron chi connectivity index (χ0n) is 17.1. The average molecular weight is 419 g/mol. The lowest BCUT2D eigenvalue weighted by atomic mass is 9.96. The van der Waals surface area contributed by atoms with E-state index < -0.39 is 0 Å². The Bertz CT molecular complexity index is 799. The fraction of sp³-hybridized carbons (Fsp3) is 0.571. The van der Waals surface area contributed by atoms with E-state index in [2.05, 4.69) is 40.7 Å². The average Bonchev–Trinajstić information content (AvgIpc) is 3.10. The summed E-state index contributed by atoms with van der Waals surface area (Å²) in [5.41, 5.74) is 3.19. The van der Waals surface area contributed by atoms with Crippen LogP contribution in [-0.2, 0) is 4.79 Å². The fourth-order valence-corrected chi connectivity index (χ4v) is 5.48. The highest BCUT2D eigenvalue weighted by Crippen LogP contribution is 2.32. The molecule has 1 unspecified atom stereocenters. The lowest BCUT2D eigenvalue weighted by molar-refractivity contribution is -0.115. The van der Waals surface area contributed by atoms with Gasteiger partial charge in [-0.3, -0.25) is 4.79 Å². The number of thioether (sulfide) groups is 1. The maximum atomic E-state index is 12.8. The van der Waals surface area contributed by atoms with Crippen LogP contribution in [0.4, 0.5) is 10.8 Å². The van der Waals surface area contributed by atoms with Crippen molar-refractivity contribution in [3.63, 3.8) is 0 Å². The van der Waals surface area contributed by atoms with Gasteiger partial charge in [-0.25, -0.2) is 0 Å². The van der Waals surface area contributed by atoms with Crippen LogP contribution in [0.1, 0.15) is 69.9 Å². The summed E-state index contributed by atoms with van der Waals surface area (Å²) in [6, 6.07) is 6.67. The molecule has 0 aliphatic heterocycles. The lowest BCUT2D eigenvalue weighted by Gasteiger charge is -2.21. The first-order valence-electron chi connectivity index (χ1n) is 10.1. The van der Waals surface area contributed by atoms with E-state index in [9.17, 15) is 4.79 Å². The summed E-state index contributed by atoms with van der Waals surface area (Å²) in [4.78, 5) is 12.8. The van der Waals surface area contributed by atoms with Gasteiger partial charge >= 0.3 is 0 Å².